The Labute approximate surface area is 104 Å². The predicted molar refractivity (Wildman–Crippen MR) is 70.1 cm³/mol. The number of hydrogen-bond donors (Lipinski definition) is 3. The summed E-state index contributed by atoms with van der Waals surface area (Å²) in [5, 5.41) is 16.4. The lowest BCUT2D eigenvalue weighted by molar-refractivity contribution is 0.134. The van der Waals surface area contributed by atoms with E-state index in [2.05, 4.69) is 22.5 Å². The molecule has 0 heterocycles. The van der Waals surface area contributed by atoms with Crippen molar-refractivity contribution >= 4 is 5.96 Å². The first-order valence-corrected chi connectivity index (χ1v) is 7.00. The Morgan fingerprint density at radius 3 is 2.65 bits per heavy atom. The molecule has 4 nitrogen and oxygen atoms in total. The minimum atomic E-state index is -0.117. The van der Waals surface area contributed by atoms with Gasteiger partial charge in [0.2, 0.25) is 0 Å². The number of aliphatic hydroxyl groups is 1. The van der Waals surface area contributed by atoms with Crippen LogP contribution in [0.25, 0.3) is 0 Å². The highest BCUT2D eigenvalue weighted by molar-refractivity contribution is 5.79. The summed E-state index contributed by atoms with van der Waals surface area (Å²) in [6.07, 6.45) is 5.81. The highest BCUT2D eigenvalue weighted by atomic mass is 16.3. The van der Waals surface area contributed by atoms with Gasteiger partial charge in [-0.15, -0.1) is 0 Å². The van der Waals surface area contributed by atoms with Crippen LogP contribution in [0.5, 0.6) is 0 Å². The van der Waals surface area contributed by atoms with Crippen LogP contribution in [-0.4, -0.2) is 36.8 Å². The Morgan fingerprint density at radius 2 is 2.06 bits per heavy atom. The van der Waals surface area contributed by atoms with Crippen molar-refractivity contribution in [3.63, 3.8) is 0 Å². The van der Waals surface area contributed by atoms with Crippen LogP contribution in [0.2, 0.25) is 0 Å². The van der Waals surface area contributed by atoms with Crippen LogP contribution >= 0.6 is 0 Å². The predicted octanol–water partition coefficient (Wildman–Crippen LogP) is 1.11. The fraction of sp³-hybridized carbons (Fsp3) is 0.923. The van der Waals surface area contributed by atoms with Crippen LogP contribution in [0.1, 0.15) is 39.0 Å². The topological polar surface area (TPSA) is 56.7 Å². The molecule has 17 heavy (non-hydrogen) atoms. The van der Waals surface area contributed by atoms with E-state index in [1.54, 1.807) is 0 Å². The SMILES string of the molecule is CCNC(=NCC1CC1)NCC1CCCC1O. The third kappa shape index (κ3) is 4.19. The molecule has 2 unspecified atom stereocenters. The Balaban J connectivity index is 1.73. The van der Waals surface area contributed by atoms with Gasteiger partial charge in [0.15, 0.2) is 5.96 Å². The van der Waals surface area contributed by atoms with Gasteiger partial charge in [-0.2, -0.15) is 0 Å². The third-order valence-electron chi connectivity index (χ3n) is 3.70. The highest BCUT2D eigenvalue weighted by Gasteiger charge is 2.25. The zero-order valence-corrected chi connectivity index (χ0v) is 10.8. The number of nitrogens with zero attached hydrogens (tertiary/aromatic N) is 1. The molecule has 0 bridgehead atoms. The van der Waals surface area contributed by atoms with Crippen molar-refractivity contribution in [1.82, 2.24) is 10.6 Å². The van der Waals surface area contributed by atoms with Gasteiger partial charge in [-0.25, -0.2) is 0 Å². The van der Waals surface area contributed by atoms with Crippen molar-refractivity contribution in [2.24, 2.45) is 16.8 Å². The molecular weight excluding hydrogens is 214 g/mol. The molecule has 2 atom stereocenters. The second-order valence-electron chi connectivity index (χ2n) is 5.30. The molecule has 0 saturated heterocycles. The molecule has 0 amide bonds. The Kier molecular flexibility index (Phi) is 4.66. The molecule has 0 spiro atoms. The van der Waals surface area contributed by atoms with Crippen LogP contribution < -0.4 is 10.6 Å². The van der Waals surface area contributed by atoms with E-state index in [0.29, 0.717) is 5.92 Å². The average Bonchev–Trinajstić information content (AvgIpc) is 3.06. The van der Waals surface area contributed by atoms with Crippen molar-refractivity contribution in [1.29, 1.82) is 0 Å². The molecule has 0 aromatic carbocycles. The smallest absolute Gasteiger partial charge is 0.191 e. The van der Waals surface area contributed by atoms with E-state index < -0.39 is 0 Å². The van der Waals surface area contributed by atoms with Crippen molar-refractivity contribution < 1.29 is 5.11 Å². The van der Waals surface area contributed by atoms with E-state index in [-0.39, 0.29) is 6.10 Å². The van der Waals surface area contributed by atoms with Gasteiger partial charge in [-0.3, -0.25) is 4.99 Å². The Morgan fingerprint density at radius 1 is 1.24 bits per heavy atom. The largest absolute Gasteiger partial charge is 0.393 e. The molecule has 4 heteroatoms. The number of aliphatic hydroxyl groups excluding tert-OH is 1. The van der Waals surface area contributed by atoms with Crippen LogP contribution in [0.4, 0.5) is 0 Å². The van der Waals surface area contributed by atoms with Gasteiger partial charge in [-0.1, -0.05) is 6.42 Å². The van der Waals surface area contributed by atoms with Crippen molar-refractivity contribution in [3.05, 3.63) is 0 Å². The zero-order chi connectivity index (χ0) is 12.1. The molecule has 2 aliphatic rings. The maximum Gasteiger partial charge on any atom is 0.191 e. The van der Waals surface area contributed by atoms with E-state index in [9.17, 15) is 5.11 Å². The lowest BCUT2D eigenvalue weighted by Crippen LogP contribution is -2.41. The monoisotopic (exact) mass is 239 g/mol. The average molecular weight is 239 g/mol. The molecule has 98 valence electrons. The number of nitrogens with one attached hydrogen (secondary N) is 2. The normalized spacial score (nSPS) is 29.4. The third-order valence-corrected chi connectivity index (χ3v) is 3.70. The molecule has 0 radical (unpaired) electrons. The minimum Gasteiger partial charge on any atom is -0.393 e. The number of aliphatic imine (C=N–C) groups is 1. The van der Waals surface area contributed by atoms with E-state index >= 15 is 0 Å². The van der Waals surface area contributed by atoms with Crippen molar-refractivity contribution in [2.75, 3.05) is 19.6 Å². The second-order valence-corrected chi connectivity index (χ2v) is 5.30. The summed E-state index contributed by atoms with van der Waals surface area (Å²) < 4.78 is 0. The molecule has 3 N–H and O–H groups in total. The fourth-order valence-electron chi connectivity index (χ4n) is 2.35. The number of guanidine groups is 1. The zero-order valence-electron chi connectivity index (χ0n) is 10.8. The first kappa shape index (κ1) is 12.7. The van der Waals surface area contributed by atoms with E-state index in [1.807, 2.05) is 0 Å². The Bertz CT molecular complexity index is 263. The van der Waals surface area contributed by atoms with E-state index in [4.69, 9.17) is 0 Å². The molecular formula is C13H25N3O. The summed E-state index contributed by atoms with van der Waals surface area (Å²) in [5.41, 5.74) is 0. The summed E-state index contributed by atoms with van der Waals surface area (Å²) in [7, 11) is 0. The molecule has 0 aromatic heterocycles. The molecule has 0 aliphatic heterocycles. The van der Waals surface area contributed by atoms with Crippen LogP contribution in [-0.2, 0) is 0 Å². The summed E-state index contributed by atoms with van der Waals surface area (Å²) in [6, 6.07) is 0. The van der Waals surface area contributed by atoms with E-state index in [1.165, 1.54) is 12.8 Å². The number of hydrogen-bond acceptors (Lipinski definition) is 2. The van der Waals surface area contributed by atoms with Gasteiger partial charge in [0.25, 0.3) is 0 Å². The molecule has 2 saturated carbocycles. The van der Waals surface area contributed by atoms with Gasteiger partial charge < -0.3 is 15.7 Å². The quantitative estimate of drug-likeness (QED) is 0.497. The Hall–Kier alpha value is -0.770. The van der Waals surface area contributed by atoms with Gasteiger partial charge >= 0.3 is 0 Å². The van der Waals surface area contributed by atoms with Gasteiger partial charge in [0.1, 0.15) is 0 Å². The second kappa shape index (κ2) is 6.24. The minimum absolute atomic E-state index is 0.117. The van der Waals surface area contributed by atoms with Crippen LogP contribution in [0.15, 0.2) is 4.99 Å². The lowest BCUT2D eigenvalue weighted by Gasteiger charge is -2.17. The molecule has 2 rings (SSSR count). The van der Waals surface area contributed by atoms with Crippen molar-refractivity contribution in [2.45, 2.75) is 45.1 Å². The summed E-state index contributed by atoms with van der Waals surface area (Å²) in [5.74, 6) is 2.14. The van der Waals surface area contributed by atoms with Gasteiger partial charge in [-0.05, 0) is 38.5 Å². The molecule has 2 aliphatic carbocycles. The standard InChI is InChI=1S/C13H25N3O/c1-2-14-13(15-8-10-6-7-10)16-9-11-4-3-5-12(11)17/h10-12,17H,2-9H2,1H3,(H2,14,15,16). The molecule has 0 aromatic rings. The van der Waals surface area contributed by atoms with Gasteiger partial charge in [0, 0.05) is 25.6 Å². The highest BCUT2D eigenvalue weighted by Crippen LogP contribution is 2.28. The summed E-state index contributed by atoms with van der Waals surface area (Å²) in [6.45, 7) is 4.77. The van der Waals surface area contributed by atoms with E-state index in [0.717, 1.165) is 50.8 Å². The summed E-state index contributed by atoms with van der Waals surface area (Å²) in [4.78, 5) is 4.57. The lowest BCUT2D eigenvalue weighted by atomic mass is 10.1. The van der Waals surface area contributed by atoms with Crippen molar-refractivity contribution in [3.8, 4) is 0 Å². The van der Waals surface area contributed by atoms with Crippen LogP contribution in [0, 0.1) is 11.8 Å². The first-order chi connectivity index (χ1) is 8.29. The maximum absolute atomic E-state index is 9.76. The fourth-order valence-corrected chi connectivity index (χ4v) is 2.35. The first-order valence-electron chi connectivity index (χ1n) is 7.00. The summed E-state index contributed by atoms with van der Waals surface area (Å²) >= 11 is 0. The van der Waals surface area contributed by atoms with Crippen LogP contribution in [0.3, 0.4) is 0 Å². The maximum atomic E-state index is 9.76. The molecule has 2 fully saturated rings. The number of rotatable bonds is 5. The van der Waals surface area contributed by atoms with Gasteiger partial charge in [0.05, 0.1) is 6.10 Å².